The maximum atomic E-state index is 12.8. The highest BCUT2D eigenvalue weighted by Crippen LogP contribution is 2.26. The minimum Gasteiger partial charge on any atom is -0.495 e. The van der Waals surface area contributed by atoms with Gasteiger partial charge in [-0.3, -0.25) is 9.69 Å². The summed E-state index contributed by atoms with van der Waals surface area (Å²) in [5.41, 5.74) is 7.15. The van der Waals surface area contributed by atoms with Gasteiger partial charge in [-0.05, 0) is 56.0 Å². The van der Waals surface area contributed by atoms with Gasteiger partial charge in [-0.1, -0.05) is 20.8 Å². The van der Waals surface area contributed by atoms with E-state index in [9.17, 15) is 4.79 Å². The first-order valence-electron chi connectivity index (χ1n) is 8.40. The molecule has 1 heterocycles. The lowest BCUT2D eigenvalue weighted by Crippen LogP contribution is -2.50. The molecule has 1 aliphatic rings. The number of nitrogen functional groups attached to an aromatic ring is 1. The number of amides is 1. The third kappa shape index (κ3) is 4.38. The van der Waals surface area contributed by atoms with Gasteiger partial charge in [-0.2, -0.15) is 0 Å². The van der Waals surface area contributed by atoms with Crippen LogP contribution in [-0.4, -0.2) is 37.0 Å². The van der Waals surface area contributed by atoms with Crippen molar-refractivity contribution in [3.05, 3.63) is 18.2 Å². The van der Waals surface area contributed by atoms with Crippen LogP contribution >= 0.6 is 0 Å². The molecule has 5 heteroatoms. The van der Waals surface area contributed by atoms with Gasteiger partial charge >= 0.3 is 0 Å². The molecule has 0 saturated carbocycles. The van der Waals surface area contributed by atoms with Crippen LogP contribution < -0.4 is 15.8 Å². The molecule has 0 aliphatic carbocycles. The Morgan fingerprint density at radius 2 is 2.00 bits per heavy atom. The van der Waals surface area contributed by atoms with Gasteiger partial charge in [0, 0.05) is 5.69 Å². The molecule has 3 N–H and O–H groups in total. The van der Waals surface area contributed by atoms with Gasteiger partial charge in [0.05, 0.1) is 18.8 Å². The lowest BCUT2D eigenvalue weighted by Gasteiger charge is -2.37. The molecule has 5 nitrogen and oxygen atoms in total. The molecule has 23 heavy (non-hydrogen) atoms. The van der Waals surface area contributed by atoms with E-state index in [2.05, 4.69) is 31.0 Å². The Balaban J connectivity index is 2.08. The summed E-state index contributed by atoms with van der Waals surface area (Å²) in [4.78, 5) is 15.1. The number of nitrogens with zero attached hydrogens (tertiary/aromatic N) is 1. The van der Waals surface area contributed by atoms with Crippen molar-refractivity contribution in [1.29, 1.82) is 0 Å². The van der Waals surface area contributed by atoms with E-state index in [1.54, 1.807) is 19.2 Å². The average molecular weight is 319 g/mol. The summed E-state index contributed by atoms with van der Waals surface area (Å²) >= 11 is 0. The lowest BCUT2D eigenvalue weighted by molar-refractivity contribution is -0.123. The maximum absolute atomic E-state index is 12.8. The minimum absolute atomic E-state index is 0.0409. The van der Waals surface area contributed by atoms with E-state index in [4.69, 9.17) is 10.5 Å². The lowest BCUT2D eigenvalue weighted by atomic mass is 9.94. The van der Waals surface area contributed by atoms with Crippen molar-refractivity contribution in [3.63, 3.8) is 0 Å². The van der Waals surface area contributed by atoms with Crippen molar-refractivity contribution in [1.82, 2.24) is 4.90 Å². The minimum atomic E-state index is -0.106. The van der Waals surface area contributed by atoms with Crippen molar-refractivity contribution in [2.24, 2.45) is 11.8 Å². The Morgan fingerprint density at radius 1 is 1.35 bits per heavy atom. The zero-order chi connectivity index (χ0) is 17.0. The standard InChI is InChI=1S/C18H29N3O2/c1-12(2)17(21-9-7-13(3)8-10-21)18(22)20-14-5-6-16(23-4)15(19)11-14/h5-6,11-13,17H,7-10,19H2,1-4H3,(H,20,22). The number of hydrogen-bond donors (Lipinski definition) is 2. The zero-order valence-electron chi connectivity index (χ0n) is 14.6. The van der Waals surface area contributed by atoms with E-state index in [0.29, 0.717) is 17.1 Å². The van der Waals surface area contributed by atoms with Crippen LogP contribution in [-0.2, 0) is 4.79 Å². The number of nitrogens with two attached hydrogens (primary N) is 1. The van der Waals surface area contributed by atoms with Gasteiger partial charge in [-0.25, -0.2) is 0 Å². The van der Waals surface area contributed by atoms with Gasteiger partial charge in [0.2, 0.25) is 5.91 Å². The van der Waals surface area contributed by atoms with Crippen molar-refractivity contribution >= 4 is 17.3 Å². The van der Waals surface area contributed by atoms with Gasteiger partial charge in [0.1, 0.15) is 5.75 Å². The molecule has 128 valence electrons. The number of anilines is 2. The molecule has 1 amide bonds. The summed E-state index contributed by atoms with van der Waals surface area (Å²) in [6.45, 7) is 8.46. The van der Waals surface area contributed by atoms with Crippen LogP contribution in [0.3, 0.4) is 0 Å². The quantitative estimate of drug-likeness (QED) is 0.819. The molecular formula is C18H29N3O2. The molecule has 1 saturated heterocycles. The van der Waals surface area contributed by atoms with Crippen LogP contribution in [0.2, 0.25) is 0 Å². The number of hydrogen-bond acceptors (Lipinski definition) is 4. The SMILES string of the molecule is COc1ccc(NC(=O)C(C(C)C)N2CCC(C)CC2)cc1N. The van der Waals surface area contributed by atoms with E-state index in [1.165, 1.54) is 0 Å². The summed E-state index contributed by atoms with van der Waals surface area (Å²) in [5, 5.41) is 3.01. The van der Waals surface area contributed by atoms with Crippen LogP contribution in [0.25, 0.3) is 0 Å². The first-order chi connectivity index (χ1) is 10.9. The first kappa shape index (κ1) is 17.6. The third-order valence-corrected chi connectivity index (χ3v) is 4.61. The zero-order valence-corrected chi connectivity index (χ0v) is 14.6. The number of methoxy groups -OCH3 is 1. The van der Waals surface area contributed by atoms with E-state index < -0.39 is 0 Å². The Bertz CT molecular complexity index is 537. The molecular weight excluding hydrogens is 290 g/mol. The smallest absolute Gasteiger partial charge is 0.241 e. The molecule has 1 unspecified atom stereocenters. The third-order valence-electron chi connectivity index (χ3n) is 4.61. The number of piperidine rings is 1. The predicted octanol–water partition coefficient (Wildman–Crippen LogP) is 2.97. The van der Waals surface area contributed by atoms with Crippen molar-refractivity contribution in [3.8, 4) is 5.75 Å². The van der Waals surface area contributed by atoms with Crippen molar-refractivity contribution in [2.45, 2.75) is 39.7 Å². The maximum Gasteiger partial charge on any atom is 0.241 e. The van der Waals surface area contributed by atoms with Crippen LogP contribution in [0.1, 0.15) is 33.6 Å². The second-order valence-corrected chi connectivity index (χ2v) is 6.85. The van der Waals surface area contributed by atoms with E-state index in [-0.39, 0.29) is 17.9 Å². The van der Waals surface area contributed by atoms with E-state index in [0.717, 1.165) is 31.8 Å². The molecule has 0 radical (unpaired) electrons. The number of benzene rings is 1. The molecule has 2 rings (SSSR count). The highest BCUT2D eigenvalue weighted by atomic mass is 16.5. The fourth-order valence-electron chi connectivity index (χ4n) is 3.23. The molecule has 1 aliphatic heterocycles. The fourth-order valence-corrected chi connectivity index (χ4v) is 3.23. The summed E-state index contributed by atoms with van der Waals surface area (Å²) in [7, 11) is 1.58. The monoisotopic (exact) mass is 319 g/mol. The van der Waals surface area contributed by atoms with Crippen LogP contribution in [0.15, 0.2) is 18.2 Å². The number of ether oxygens (including phenoxy) is 1. The fraction of sp³-hybridized carbons (Fsp3) is 0.611. The van der Waals surface area contributed by atoms with Gasteiger partial charge < -0.3 is 15.8 Å². The normalized spacial score (nSPS) is 18.0. The largest absolute Gasteiger partial charge is 0.495 e. The summed E-state index contributed by atoms with van der Waals surface area (Å²) in [6, 6.07) is 5.23. The number of likely N-dealkylation sites (tertiary alicyclic amines) is 1. The number of rotatable bonds is 5. The summed E-state index contributed by atoms with van der Waals surface area (Å²) in [5.74, 6) is 1.68. The predicted molar refractivity (Wildman–Crippen MR) is 94.6 cm³/mol. The highest BCUT2D eigenvalue weighted by molar-refractivity contribution is 5.95. The molecule has 0 spiro atoms. The molecule has 1 aromatic carbocycles. The number of nitrogens with one attached hydrogen (secondary N) is 1. The molecule has 1 atom stereocenters. The molecule has 1 fully saturated rings. The average Bonchev–Trinajstić information content (AvgIpc) is 2.49. The Kier molecular flexibility index (Phi) is 5.88. The van der Waals surface area contributed by atoms with Gasteiger partial charge in [0.25, 0.3) is 0 Å². The topological polar surface area (TPSA) is 67.6 Å². The van der Waals surface area contributed by atoms with Gasteiger partial charge in [-0.15, -0.1) is 0 Å². The Morgan fingerprint density at radius 3 is 2.52 bits per heavy atom. The molecule has 0 bridgehead atoms. The number of carbonyl (C=O) groups excluding carboxylic acids is 1. The Hall–Kier alpha value is -1.75. The second kappa shape index (κ2) is 7.68. The van der Waals surface area contributed by atoms with Crippen LogP contribution in [0, 0.1) is 11.8 Å². The van der Waals surface area contributed by atoms with Crippen LogP contribution in [0.4, 0.5) is 11.4 Å². The van der Waals surface area contributed by atoms with E-state index >= 15 is 0 Å². The first-order valence-corrected chi connectivity index (χ1v) is 8.40. The van der Waals surface area contributed by atoms with Crippen LogP contribution in [0.5, 0.6) is 5.75 Å². The number of carbonyl (C=O) groups is 1. The van der Waals surface area contributed by atoms with Crippen molar-refractivity contribution < 1.29 is 9.53 Å². The summed E-state index contributed by atoms with van der Waals surface area (Å²) < 4.78 is 5.15. The Labute approximate surface area is 139 Å². The summed E-state index contributed by atoms with van der Waals surface area (Å²) in [6.07, 6.45) is 2.32. The second-order valence-electron chi connectivity index (χ2n) is 6.85. The van der Waals surface area contributed by atoms with Gasteiger partial charge in [0.15, 0.2) is 0 Å². The van der Waals surface area contributed by atoms with E-state index in [1.807, 2.05) is 6.07 Å². The molecule has 0 aromatic heterocycles. The highest BCUT2D eigenvalue weighted by Gasteiger charge is 2.31. The van der Waals surface area contributed by atoms with Crippen molar-refractivity contribution in [2.75, 3.05) is 31.2 Å². The molecule has 1 aromatic rings.